The van der Waals surface area contributed by atoms with Crippen LogP contribution in [0.5, 0.6) is 6.01 Å². The molecule has 2 fully saturated rings. The van der Waals surface area contributed by atoms with Crippen LogP contribution in [-0.4, -0.2) is 66.3 Å². The van der Waals surface area contributed by atoms with Crippen molar-refractivity contribution in [3.8, 4) is 11.8 Å². The topological polar surface area (TPSA) is 77.3 Å². The Labute approximate surface area is 176 Å². The molecule has 0 unspecified atom stereocenters. The Morgan fingerprint density at radius 3 is 2.60 bits per heavy atom. The number of aryl methyl sites for hydroxylation is 1. The lowest BCUT2D eigenvalue weighted by Crippen LogP contribution is -2.44. The highest BCUT2D eigenvalue weighted by atomic mass is 16.5. The minimum absolute atomic E-state index is 0.362. The van der Waals surface area contributed by atoms with Gasteiger partial charge in [0.15, 0.2) is 5.82 Å². The summed E-state index contributed by atoms with van der Waals surface area (Å²) >= 11 is 0. The number of hydrogen-bond donors (Lipinski definition) is 1. The van der Waals surface area contributed by atoms with Gasteiger partial charge in [-0.15, -0.1) is 0 Å². The molecule has 4 heterocycles. The van der Waals surface area contributed by atoms with Gasteiger partial charge in [-0.1, -0.05) is 0 Å². The lowest BCUT2D eigenvalue weighted by molar-refractivity contribution is 0.0852. The van der Waals surface area contributed by atoms with Crippen LogP contribution in [0, 0.1) is 6.92 Å². The molecule has 30 heavy (non-hydrogen) atoms. The lowest BCUT2D eigenvalue weighted by atomic mass is 9.88. The summed E-state index contributed by atoms with van der Waals surface area (Å²) in [4.78, 5) is 11.4. The maximum atomic E-state index is 5.57. The molecule has 3 aromatic rings. The van der Waals surface area contributed by atoms with Crippen LogP contribution in [0.2, 0.25) is 0 Å². The van der Waals surface area contributed by atoms with Gasteiger partial charge in [0.1, 0.15) is 5.82 Å². The SMILES string of the molecule is COc1nc(N2CCNCC2)cc(-n2ncc3cc(C)c(C4CCOCC4)cc32)n1. The van der Waals surface area contributed by atoms with Crippen molar-refractivity contribution in [1.29, 1.82) is 0 Å². The molecular weight excluding hydrogens is 380 g/mol. The van der Waals surface area contributed by atoms with Crippen molar-refractivity contribution >= 4 is 16.7 Å². The van der Waals surface area contributed by atoms with E-state index in [0.717, 1.165) is 74.8 Å². The number of piperazine rings is 1. The third-order valence-electron chi connectivity index (χ3n) is 6.14. The molecule has 8 nitrogen and oxygen atoms in total. The molecule has 0 bridgehead atoms. The molecule has 0 saturated carbocycles. The van der Waals surface area contributed by atoms with Crippen molar-refractivity contribution in [3.05, 3.63) is 35.5 Å². The fourth-order valence-electron chi connectivity index (χ4n) is 4.49. The molecule has 1 N–H and O–H groups in total. The Balaban J connectivity index is 1.58. The average molecular weight is 409 g/mol. The Bertz CT molecular complexity index is 1040. The molecule has 2 aromatic heterocycles. The highest BCUT2D eigenvalue weighted by Crippen LogP contribution is 2.33. The molecule has 0 spiro atoms. The maximum absolute atomic E-state index is 5.57. The highest BCUT2D eigenvalue weighted by Gasteiger charge is 2.21. The minimum atomic E-state index is 0.362. The van der Waals surface area contributed by atoms with Crippen LogP contribution in [0.25, 0.3) is 16.7 Å². The Kier molecular flexibility index (Phi) is 5.26. The number of benzene rings is 1. The Morgan fingerprint density at radius 1 is 1.07 bits per heavy atom. The molecule has 2 aliphatic heterocycles. The summed E-state index contributed by atoms with van der Waals surface area (Å²) in [6.45, 7) is 7.56. The van der Waals surface area contributed by atoms with Crippen molar-refractivity contribution in [1.82, 2.24) is 25.1 Å². The number of hydrogen-bond acceptors (Lipinski definition) is 7. The molecule has 2 aliphatic rings. The highest BCUT2D eigenvalue weighted by molar-refractivity contribution is 5.82. The van der Waals surface area contributed by atoms with Crippen LogP contribution in [0.4, 0.5) is 5.82 Å². The first-order valence-electron chi connectivity index (χ1n) is 10.7. The lowest BCUT2D eigenvalue weighted by Gasteiger charge is -2.28. The van der Waals surface area contributed by atoms with Gasteiger partial charge in [-0.3, -0.25) is 0 Å². The van der Waals surface area contributed by atoms with E-state index < -0.39 is 0 Å². The zero-order valence-electron chi connectivity index (χ0n) is 17.6. The monoisotopic (exact) mass is 408 g/mol. The quantitative estimate of drug-likeness (QED) is 0.710. The molecule has 5 rings (SSSR count). The van der Waals surface area contributed by atoms with Crippen LogP contribution >= 0.6 is 0 Å². The van der Waals surface area contributed by atoms with Crippen molar-refractivity contribution < 1.29 is 9.47 Å². The van der Waals surface area contributed by atoms with Gasteiger partial charge in [0, 0.05) is 50.8 Å². The third kappa shape index (κ3) is 3.61. The van der Waals surface area contributed by atoms with Crippen LogP contribution in [-0.2, 0) is 4.74 Å². The van der Waals surface area contributed by atoms with Crippen LogP contribution < -0.4 is 15.0 Å². The molecule has 2 saturated heterocycles. The number of methoxy groups -OCH3 is 1. The van der Waals surface area contributed by atoms with E-state index in [1.165, 1.54) is 11.1 Å². The number of fused-ring (bicyclic) bond motifs is 1. The van der Waals surface area contributed by atoms with E-state index in [1.54, 1.807) is 7.11 Å². The predicted octanol–water partition coefficient (Wildman–Crippen LogP) is 2.44. The first-order valence-corrected chi connectivity index (χ1v) is 10.7. The molecule has 8 heteroatoms. The fourth-order valence-corrected chi connectivity index (χ4v) is 4.49. The van der Waals surface area contributed by atoms with E-state index >= 15 is 0 Å². The van der Waals surface area contributed by atoms with Gasteiger partial charge in [-0.25, -0.2) is 4.68 Å². The van der Waals surface area contributed by atoms with Gasteiger partial charge >= 0.3 is 6.01 Å². The molecule has 0 amide bonds. The number of rotatable bonds is 4. The summed E-state index contributed by atoms with van der Waals surface area (Å²) < 4.78 is 12.9. The summed E-state index contributed by atoms with van der Waals surface area (Å²) in [6, 6.07) is 6.89. The molecule has 0 aliphatic carbocycles. The van der Waals surface area contributed by atoms with Crippen LogP contribution in [0.3, 0.4) is 0 Å². The van der Waals surface area contributed by atoms with E-state index in [4.69, 9.17) is 9.47 Å². The molecule has 158 valence electrons. The van der Waals surface area contributed by atoms with Crippen molar-refractivity contribution in [2.24, 2.45) is 0 Å². The largest absolute Gasteiger partial charge is 0.467 e. The number of ether oxygens (including phenoxy) is 2. The predicted molar refractivity (Wildman–Crippen MR) is 116 cm³/mol. The average Bonchev–Trinajstić information content (AvgIpc) is 3.22. The second-order valence-corrected chi connectivity index (χ2v) is 8.02. The number of nitrogens with zero attached hydrogens (tertiary/aromatic N) is 5. The van der Waals surface area contributed by atoms with Gasteiger partial charge in [-0.05, 0) is 48.9 Å². The number of anilines is 1. The summed E-state index contributed by atoms with van der Waals surface area (Å²) in [5.41, 5.74) is 3.76. The fraction of sp³-hybridized carbons (Fsp3) is 0.500. The van der Waals surface area contributed by atoms with E-state index in [0.29, 0.717) is 11.9 Å². The summed E-state index contributed by atoms with van der Waals surface area (Å²) in [5.74, 6) is 2.13. The zero-order chi connectivity index (χ0) is 20.5. The van der Waals surface area contributed by atoms with Crippen molar-refractivity contribution in [2.75, 3.05) is 51.4 Å². The Hall–Kier alpha value is -2.71. The van der Waals surface area contributed by atoms with Crippen molar-refractivity contribution in [3.63, 3.8) is 0 Å². The second kappa shape index (κ2) is 8.20. The minimum Gasteiger partial charge on any atom is -0.467 e. The molecule has 1 aromatic carbocycles. The van der Waals surface area contributed by atoms with Gasteiger partial charge in [0.25, 0.3) is 0 Å². The summed E-state index contributed by atoms with van der Waals surface area (Å²) in [7, 11) is 1.61. The van der Waals surface area contributed by atoms with E-state index in [1.807, 2.05) is 16.9 Å². The van der Waals surface area contributed by atoms with Gasteiger partial charge in [-0.2, -0.15) is 15.1 Å². The first-order chi connectivity index (χ1) is 14.7. The first kappa shape index (κ1) is 19.3. The molecule has 0 atom stereocenters. The van der Waals surface area contributed by atoms with E-state index in [9.17, 15) is 0 Å². The van der Waals surface area contributed by atoms with Crippen LogP contribution in [0.15, 0.2) is 24.4 Å². The second-order valence-electron chi connectivity index (χ2n) is 8.02. The smallest absolute Gasteiger partial charge is 0.320 e. The summed E-state index contributed by atoms with van der Waals surface area (Å²) in [6.07, 6.45) is 4.04. The van der Waals surface area contributed by atoms with Gasteiger partial charge in [0.05, 0.1) is 18.8 Å². The molecule has 0 radical (unpaired) electrons. The third-order valence-corrected chi connectivity index (χ3v) is 6.14. The number of aromatic nitrogens is 4. The summed E-state index contributed by atoms with van der Waals surface area (Å²) in [5, 5.41) is 9.16. The molecular formula is C22H28N6O2. The van der Waals surface area contributed by atoms with Crippen LogP contribution in [0.1, 0.15) is 29.9 Å². The maximum Gasteiger partial charge on any atom is 0.320 e. The van der Waals surface area contributed by atoms with E-state index in [-0.39, 0.29) is 0 Å². The van der Waals surface area contributed by atoms with Gasteiger partial charge < -0.3 is 19.7 Å². The number of nitrogens with one attached hydrogen (secondary N) is 1. The standard InChI is InChI=1S/C22H28N6O2/c1-15-11-17-14-24-28(19(17)12-18(15)16-3-9-30-10-4-16)21-13-20(25-22(26-21)29-2)27-7-5-23-6-8-27/h11-14,16,23H,3-10H2,1-2H3. The zero-order valence-corrected chi connectivity index (χ0v) is 17.6. The van der Waals surface area contributed by atoms with Crippen molar-refractivity contribution in [2.45, 2.75) is 25.7 Å². The Morgan fingerprint density at radius 2 is 1.83 bits per heavy atom. The normalized spacial score (nSPS) is 18.1. The van der Waals surface area contributed by atoms with Gasteiger partial charge in [0.2, 0.25) is 0 Å². The van der Waals surface area contributed by atoms with E-state index in [2.05, 4.69) is 44.3 Å².